The number of benzene rings is 1. The lowest BCUT2D eigenvalue weighted by atomic mass is 10.1. The summed E-state index contributed by atoms with van der Waals surface area (Å²) in [7, 11) is 0. The Morgan fingerprint density at radius 3 is 2.58 bits per heavy atom. The van der Waals surface area contributed by atoms with E-state index in [4.69, 9.17) is 11.6 Å². The third-order valence-corrected chi connectivity index (χ3v) is 5.42. The van der Waals surface area contributed by atoms with Gasteiger partial charge in [0.05, 0.1) is 10.0 Å². The van der Waals surface area contributed by atoms with Gasteiger partial charge < -0.3 is 4.98 Å². The van der Waals surface area contributed by atoms with E-state index < -0.39 is 0 Å². The zero-order chi connectivity index (χ0) is 17.9. The maximum Gasteiger partial charge on any atom is 0.249 e. The quantitative estimate of drug-likeness (QED) is 0.514. The molecule has 4 nitrogen and oxygen atoms in total. The van der Waals surface area contributed by atoms with Crippen molar-refractivity contribution in [2.45, 2.75) is 12.8 Å². The number of aromatic amines is 2. The summed E-state index contributed by atoms with van der Waals surface area (Å²) < 4.78 is 0.808. The molecular formula is C20H16ClN3OS. The van der Waals surface area contributed by atoms with Crippen LogP contribution in [0.15, 0.2) is 65.5 Å². The summed E-state index contributed by atoms with van der Waals surface area (Å²) in [5.41, 5.74) is 4.22. The first kappa shape index (κ1) is 16.8. The standard InChI is InChI=1S/C20H16ClN3OS/c21-19-9-8-16(26-19)7-6-15-12-18(24-23-15)14-10-17(22-20(25)11-14)13-4-2-1-3-5-13/h1-5,8-12H,6-7H2,(H,22,25)(H,23,24). The molecule has 0 aliphatic rings. The van der Waals surface area contributed by atoms with Gasteiger partial charge in [-0.25, -0.2) is 0 Å². The van der Waals surface area contributed by atoms with Crippen LogP contribution in [0.5, 0.6) is 0 Å². The molecule has 0 saturated carbocycles. The Hall–Kier alpha value is -2.63. The highest BCUT2D eigenvalue weighted by Crippen LogP contribution is 2.24. The smallest absolute Gasteiger partial charge is 0.249 e. The minimum Gasteiger partial charge on any atom is -0.322 e. The molecule has 0 bridgehead atoms. The molecule has 26 heavy (non-hydrogen) atoms. The number of rotatable bonds is 5. The molecule has 130 valence electrons. The van der Waals surface area contributed by atoms with Crippen LogP contribution >= 0.6 is 22.9 Å². The molecule has 0 unspecified atom stereocenters. The highest BCUT2D eigenvalue weighted by atomic mass is 35.5. The number of nitrogens with zero attached hydrogens (tertiary/aromatic N) is 1. The molecule has 0 radical (unpaired) electrons. The minimum absolute atomic E-state index is 0.140. The highest BCUT2D eigenvalue weighted by molar-refractivity contribution is 7.16. The maximum atomic E-state index is 12.1. The van der Waals surface area contributed by atoms with Gasteiger partial charge in [0, 0.05) is 27.9 Å². The fraction of sp³-hybridized carbons (Fsp3) is 0.100. The van der Waals surface area contributed by atoms with Crippen LogP contribution in [0.3, 0.4) is 0 Å². The molecule has 2 N–H and O–H groups in total. The first-order chi connectivity index (χ1) is 12.7. The van der Waals surface area contributed by atoms with Crippen molar-refractivity contribution in [2.75, 3.05) is 0 Å². The van der Waals surface area contributed by atoms with E-state index in [-0.39, 0.29) is 5.56 Å². The van der Waals surface area contributed by atoms with Crippen LogP contribution in [-0.2, 0) is 12.8 Å². The van der Waals surface area contributed by atoms with Crippen molar-refractivity contribution in [1.29, 1.82) is 0 Å². The Morgan fingerprint density at radius 1 is 0.962 bits per heavy atom. The van der Waals surface area contributed by atoms with Crippen LogP contribution in [0.2, 0.25) is 4.34 Å². The van der Waals surface area contributed by atoms with Gasteiger partial charge >= 0.3 is 0 Å². The van der Waals surface area contributed by atoms with E-state index in [0.717, 1.165) is 45.4 Å². The van der Waals surface area contributed by atoms with E-state index in [1.54, 1.807) is 17.4 Å². The van der Waals surface area contributed by atoms with Gasteiger partial charge in [-0.15, -0.1) is 11.3 Å². The topological polar surface area (TPSA) is 61.5 Å². The van der Waals surface area contributed by atoms with Crippen molar-refractivity contribution < 1.29 is 0 Å². The van der Waals surface area contributed by atoms with E-state index in [9.17, 15) is 4.79 Å². The summed E-state index contributed by atoms with van der Waals surface area (Å²) in [6.45, 7) is 0. The van der Waals surface area contributed by atoms with Gasteiger partial charge in [0.2, 0.25) is 5.56 Å². The number of hydrogen-bond acceptors (Lipinski definition) is 3. The molecule has 0 saturated heterocycles. The molecule has 0 aliphatic carbocycles. The zero-order valence-electron chi connectivity index (χ0n) is 13.8. The second-order valence-corrected chi connectivity index (χ2v) is 7.80. The average Bonchev–Trinajstić information content (AvgIpc) is 3.29. The predicted molar refractivity (Wildman–Crippen MR) is 107 cm³/mol. The van der Waals surface area contributed by atoms with E-state index in [2.05, 4.69) is 15.2 Å². The summed E-state index contributed by atoms with van der Waals surface area (Å²) in [6.07, 6.45) is 1.75. The normalized spacial score (nSPS) is 11.0. The fourth-order valence-corrected chi connectivity index (χ4v) is 3.93. The van der Waals surface area contributed by atoms with Crippen molar-refractivity contribution in [1.82, 2.24) is 15.2 Å². The lowest BCUT2D eigenvalue weighted by Gasteiger charge is -2.03. The number of nitrogens with one attached hydrogen (secondary N) is 2. The third-order valence-electron chi connectivity index (χ3n) is 4.13. The van der Waals surface area contributed by atoms with Crippen LogP contribution in [0.1, 0.15) is 10.6 Å². The molecule has 0 aliphatic heterocycles. The van der Waals surface area contributed by atoms with E-state index >= 15 is 0 Å². The Balaban J connectivity index is 1.57. The molecule has 0 atom stereocenters. The molecule has 3 aromatic heterocycles. The zero-order valence-corrected chi connectivity index (χ0v) is 15.4. The molecule has 3 heterocycles. The van der Waals surface area contributed by atoms with Crippen molar-refractivity contribution in [3.8, 4) is 22.5 Å². The number of aryl methyl sites for hydroxylation is 2. The summed E-state index contributed by atoms with van der Waals surface area (Å²) in [5, 5.41) is 7.45. The summed E-state index contributed by atoms with van der Waals surface area (Å²) in [6, 6.07) is 19.3. The van der Waals surface area contributed by atoms with Crippen molar-refractivity contribution in [3.05, 3.63) is 85.9 Å². The van der Waals surface area contributed by atoms with Gasteiger partial charge in [0.25, 0.3) is 0 Å². The van der Waals surface area contributed by atoms with Gasteiger partial charge in [0.1, 0.15) is 0 Å². The number of hydrogen-bond donors (Lipinski definition) is 2. The molecule has 0 spiro atoms. The second-order valence-electron chi connectivity index (χ2n) is 6.00. The Kier molecular flexibility index (Phi) is 4.73. The number of H-pyrrole nitrogens is 2. The molecule has 0 amide bonds. The van der Waals surface area contributed by atoms with Crippen molar-refractivity contribution >= 4 is 22.9 Å². The van der Waals surface area contributed by atoms with E-state index in [1.807, 2.05) is 54.6 Å². The third kappa shape index (κ3) is 3.79. The molecule has 0 fully saturated rings. The van der Waals surface area contributed by atoms with Crippen molar-refractivity contribution in [3.63, 3.8) is 0 Å². The van der Waals surface area contributed by atoms with Crippen LogP contribution < -0.4 is 5.56 Å². The molecule has 4 rings (SSSR count). The number of thiophene rings is 1. The van der Waals surface area contributed by atoms with Crippen molar-refractivity contribution in [2.24, 2.45) is 0 Å². The summed E-state index contributed by atoms with van der Waals surface area (Å²) >= 11 is 7.57. The Bertz CT molecular complexity index is 1080. The van der Waals surface area contributed by atoms with Gasteiger partial charge in [-0.2, -0.15) is 5.10 Å². The lowest BCUT2D eigenvalue weighted by molar-refractivity contribution is 0.905. The lowest BCUT2D eigenvalue weighted by Crippen LogP contribution is -2.05. The largest absolute Gasteiger partial charge is 0.322 e. The second kappa shape index (κ2) is 7.32. The Labute approximate surface area is 159 Å². The predicted octanol–water partition coefficient (Wildman–Crippen LogP) is 4.93. The average molecular weight is 382 g/mol. The first-order valence-electron chi connectivity index (χ1n) is 8.26. The Morgan fingerprint density at radius 2 is 1.81 bits per heavy atom. The van der Waals surface area contributed by atoms with Crippen LogP contribution in [-0.4, -0.2) is 15.2 Å². The van der Waals surface area contributed by atoms with E-state index in [0.29, 0.717) is 0 Å². The molecule has 6 heteroatoms. The molecule has 1 aromatic carbocycles. The maximum absolute atomic E-state index is 12.1. The van der Waals surface area contributed by atoms with Crippen LogP contribution in [0, 0.1) is 0 Å². The molecule has 4 aromatic rings. The summed E-state index contributed by atoms with van der Waals surface area (Å²) in [4.78, 5) is 16.2. The SMILES string of the molecule is O=c1cc(-c2cc(CCc3ccc(Cl)s3)[nH]n2)cc(-c2ccccc2)[nH]1. The summed E-state index contributed by atoms with van der Waals surface area (Å²) in [5.74, 6) is 0. The van der Waals surface area contributed by atoms with Gasteiger partial charge in [-0.05, 0) is 42.7 Å². The number of halogens is 1. The number of aromatic nitrogens is 3. The van der Waals surface area contributed by atoms with Gasteiger partial charge in [-0.1, -0.05) is 41.9 Å². The van der Waals surface area contributed by atoms with Gasteiger partial charge in [0.15, 0.2) is 0 Å². The van der Waals surface area contributed by atoms with E-state index in [1.165, 1.54) is 4.88 Å². The first-order valence-corrected chi connectivity index (χ1v) is 9.45. The van der Waals surface area contributed by atoms with Gasteiger partial charge in [-0.3, -0.25) is 9.89 Å². The monoisotopic (exact) mass is 381 g/mol. The molecular weight excluding hydrogens is 366 g/mol. The number of pyridine rings is 1. The highest BCUT2D eigenvalue weighted by Gasteiger charge is 2.08. The van der Waals surface area contributed by atoms with Crippen LogP contribution in [0.25, 0.3) is 22.5 Å². The minimum atomic E-state index is -0.140. The fourth-order valence-electron chi connectivity index (χ4n) is 2.85. The van der Waals surface area contributed by atoms with Crippen LogP contribution in [0.4, 0.5) is 0 Å².